The first-order valence-electron chi connectivity index (χ1n) is 5.28. The van der Waals surface area contributed by atoms with Crippen LogP contribution in [-0.2, 0) is 0 Å². The van der Waals surface area contributed by atoms with Crippen molar-refractivity contribution < 1.29 is 18.0 Å². The van der Waals surface area contributed by atoms with Gasteiger partial charge in [-0.2, -0.15) is 0 Å². The van der Waals surface area contributed by atoms with Gasteiger partial charge in [-0.3, -0.25) is 4.79 Å². The largest absolute Gasteiger partial charge is 0.399 e. The van der Waals surface area contributed by atoms with Crippen molar-refractivity contribution in [3.8, 4) is 0 Å². The number of benzene rings is 2. The van der Waals surface area contributed by atoms with Crippen LogP contribution >= 0.6 is 0 Å². The smallest absolute Gasteiger partial charge is 0.255 e. The summed E-state index contributed by atoms with van der Waals surface area (Å²) >= 11 is 0. The van der Waals surface area contributed by atoms with E-state index in [1.165, 1.54) is 12.1 Å². The normalized spacial score (nSPS) is 10.3. The minimum Gasteiger partial charge on any atom is -0.399 e. The molecule has 19 heavy (non-hydrogen) atoms. The molecule has 2 rings (SSSR count). The molecule has 0 aliphatic heterocycles. The monoisotopic (exact) mass is 266 g/mol. The van der Waals surface area contributed by atoms with Crippen molar-refractivity contribution in [2.75, 3.05) is 11.1 Å². The van der Waals surface area contributed by atoms with E-state index < -0.39 is 23.4 Å². The Kier molecular flexibility index (Phi) is 3.41. The van der Waals surface area contributed by atoms with Crippen LogP contribution in [0.1, 0.15) is 10.4 Å². The van der Waals surface area contributed by atoms with Gasteiger partial charge in [0.2, 0.25) is 0 Å². The Morgan fingerprint density at radius 1 is 1.00 bits per heavy atom. The minimum atomic E-state index is -1.09. The van der Waals surface area contributed by atoms with Crippen molar-refractivity contribution in [2.24, 2.45) is 0 Å². The number of carbonyl (C=O) groups is 1. The Balaban J connectivity index is 2.22. The minimum absolute atomic E-state index is 0.0118. The molecule has 98 valence electrons. The number of carbonyl (C=O) groups excluding carboxylic acids is 1. The highest BCUT2D eigenvalue weighted by atomic mass is 19.2. The SMILES string of the molecule is Nc1cc(F)cc(C(=O)Nc2ccc(F)c(F)c2)c1. The van der Waals surface area contributed by atoms with Crippen LogP contribution in [0.4, 0.5) is 24.5 Å². The summed E-state index contributed by atoms with van der Waals surface area (Å²) in [5, 5.41) is 2.31. The number of nitrogens with two attached hydrogens (primary N) is 1. The third-order valence-corrected chi connectivity index (χ3v) is 2.36. The van der Waals surface area contributed by atoms with E-state index >= 15 is 0 Å². The third kappa shape index (κ3) is 3.04. The summed E-state index contributed by atoms with van der Waals surface area (Å²) in [6.07, 6.45) is 0. The average molecular weight is 266 g/mol. The van der Waals surface area contributed by atoms with Crippen LogP contribution in [0.5, 0.6) is 0 Å². The summed E-state index contributed by atoms with van der Waals surface area (Å²) < 4.78 is 38.7. The zero-order chi connectivity index (χ0) is 14.0. The Hall–Kier alpha value is -2.50. The molecule has 6 heteroatoms. The number of anilines is 2. The first-order chi connectivity index (χ1) is 8.95. The summed E-state index contributed by atoms with van der Waals surface area (Å²) in [6, 6.07) is 6.23. The molecule has 0 atom stereocenters. The molecule has 0 aliphatic carbocycles. The molecule has 0 radical (unpaired) electrons. The molecule has 0 spiro atoms. The van der Waals surface area contributed by atoms with Gasteiger partial charge in [0.05, 0.1) is 0 Å². The Bertz CT molecular complexity index is 624. The van der Waals surface area contributed by atoms with Crippen LogP contribution < -0.4 is 11.1 Å². The van der Waals surface area contributed by atoms with Crippen molar-refractivity contribution in [3.63, 3.8) is 0 Å². The van der Waals surface area contributed by atoms with Crippen LogP contribution in [0, 0.1) is 17.5 Å². The third-order valence-electron chi connectivity index (χ3n) is 2.36. The lowest BCUT2D eigenvalue weighted by atomic mass is 10.1. The quantitative estimate of drug-likeness (QED) is 0.821. The molecule has 2 aromatic carbocycles. The predicted molar refractivity (Wildman–Crippen MR) is 65.1 cm³/mol. The fraction of sp³-hybridized carbons (Fsp3) is 0. The lowest BCUT2D eigenvalue weighted by molar-refractivity contribution is 0.102. The second-order valence-corrected chi connectivity index (χ2v) is 3.86. The van der Waals surface area contributed by atoms with Gasteiger partial charge >= 0.3 is 0 Å². The molecule has 0 heterocycles. The maximum absolute atomic E-state index is 13.1. The van der Waals surface area contributed by atoms with Gasteiger partial charge < -0.3 is 11.1 Å². The van der Waals surface area contributed by atoms with Crippen molar-refractivity contribution in [1.29, 1.82) is 0 Å². The molecule has 0 aromatic heterocycles. The number of hydrogen-bond acceptors (Lipinski definition) is 2. The highest BCUT2D eigenvalue weighted by Crippen LogP contribution is 2.16. The Morgan fingerprint density at radius 2 is 1.74 bits per heavy atom. The highest BCUT2D eigenvalue weighted by Gasteiger charge is 2.10. The number of nitrogens with one attached hydrogen (secondary N) is 1. The van der Waals surface area contributed by atoms with Gasteiger partial charge in [0, 0.05) is 23.0 Å². The zero-order valence-corrected chi connectivity index (χ0v) is 9.58. The van der Waals surface area contributed by atoms with Gasteiger partial charge in [0.25, 0.3) is 5.91 Å². The summed E-state index contributed by atoms with van der Waals surface area (Å²) in [7, 11) is 0. The number of rotatable bonds is 2. The van der Waals surface area contributed by atoms with E-state index in [4.69, 9.17) is 5.73 Å². The molecule has 0 fully saturated rings. The second kappa shape index (κ2) is 5.01. The molecule has 0 saturated carbocycles. The molecule has 0 saturated heterocycles. The molecular formula is C13H9F3N2O. The average Bonchev–Trinajstić information content (AvgIpc) is 2.32. The molecule has 3 N–H and O–H groups in total. The number of halogens is 3. The van der Waals surface area contributed by atoms with Crippen molar-refractivity contribution >= 4 is 17.3 Å². The van der Waals surface area contributed by atoms with Gasteiger partial charge in [-0.1, -0.05) is 0 Å². The lowest BCUT2D eigenvalue weighted by Gasteiger charge is -2.06. The Morgan fingerprint density at radius 3 is 2.37 bits per heavy atom. The van der Waals surface area contributed by atoms with Crippen LogP contribution in [-0.4, -0.2) is 5.91 Å². The van der Waals surface area contributed by atoms with Crippen LogP contribution in [0.3, 0.4) is 0 Å². The first kappa shape index (κ1) is 12.9. The molecule has 0 aliphatic rings. The van der Waals surface area contributed by atoms with E-state index in [1.807, 2.05) is 0 Å². The molecule has 2 aromatic rings. The molecule has 0 bridgehead atoms. The lowest BCUT2D eigenvalue weighted by Crippen LogP contribution is -2.13. The van der Waals surface area contributed by atoms with E-state index in [2.05, 4.69) is 5.32 Å². The van der Waals surface area contributed by atoms with Crippen LogP contribution in [0.2, 0.25) is 0 Å². The number of nitrogen functional groups attached to an aromatic ring is 1. The van der Waals surface area contributed by atoms with E-state index in [-0.39, 0.29) is 16.9 Å². The van der Waals surface area contributed by atoms with Gasteiger partial charge in [0.15, 0.2) is 11.6 Å². The predicted octanol–water partition coefficient (Wildman–Crippen LogP) is 2.94. The topological polar surface area (TPSA) is 55.1 Å². The van der Waals surface area contributed by atoms with E-state index in [1.54, 1.807) is 0 Å². The van der Waals surface area contributed by atoms with E-state index in [9.17, 15) is 18.0 Å². The standard InChI is InChI=1S/C13H9F3N2O/c14-8-3-7(4-9(17)5-8)13(19)18-10-1-2-11(15)12(16)6-10/h1-6H,17H2,(H,18,19). The van der Waals surface area contributed by atoms with Gasteiger partial charge in [0.1, 0.15) is 5.82 Å². The van der Waals surface area contributed by atoms with Crippen LogP contribution in [0.15, 0.2) is 36.4 Å². The van der Waals surface area contributed by atoms with E-state index in [0.717, 1.165) is 24.3 Å². The zero-order valence-electron chi connectivity index (χ0n) is 9.58. The summed E-state index contributed by atoms with van der Waals surface area (Å²) in [6.45, 7) is 0. The molecule has 1 amide bonds. The van der Waals surface area contributed by atoms with Crippen molar-refractivity contribution in [2.45, 2.75) is 0 Å². The van der Waals surface area contributed by atoms with Crippen LogP contribution in [0.25, 0.3) is 0 Å². The van der Waals surface area contributed by atoms with E-state index in [0.29, 0.717) is 0 Å². The number of hydrogen-bond donors (Lipinski definition) is 2. The Labute approximate surface area is 106 Å². The fourth-order valence-corrected chi connectivity index (χ4v) is 1.52. The first-order valence-corrected chi connectivity index (χ1v) is 5.28. The van der Waals surface area contributed by atoms with Crippen molar-refractivity contribution in [1.82, 2.24) is 0 Å². The molecule has 3 nitrogen and oxygen atoms in total. The maximum Gasteiger partial charge on any atom is 0.255 e. The summed E-state index contributed by atoms with van der Waals surface area (Å²) in [4.78, 5) is 11.8. The summed E-state index contributed by atoms with van der Waals surface area (Å²) in [5.41, 5.74) is 5.55. The number of amides is 1. The second-order valence-electron chi connectivity index (χ2n) is 3.86. The van der Waals surface area contributed by atoms with Gasteiger partial charge in [-0.05, 0) is 30.3 Å². The highest BCUT2D eigenvalue weighted by molar-refractivity contribution is 6.04. The summed E-state index contributed by atoms with van der Waals surface area (Å²) in [5.74, 6) is -3.43. The van der Waals surface area contributed by atoms with Gasteiger partial charge in [-0.15, -0.1) is 0 Å². The maximum atomic E-state index is 13.1. The molecular weight excluding hydrogens is 257 g/mol. The van der Waals surface area contributed by atoms with Crippen molar-refractivity contribution in [3.05, 3.63) is 59.4 Å². The fourth-order valence-electron chi connectivity index (χ4n) is 1.52. The van der Waals surface area contributed by atoms with Gasteiger partial charge in [-0.25, -0.2) is 13.2 Å². The molecule has 0 unspecified atom stereocenters.